The number of aryl methyl sites for hydroxylation is 1. The number of fused-ring (bicyclic) bond motifs is 2. The number of carbonyl (C=O) groups is 2. The fourth-order valence-corrected chi connectivity index (χ4v) is 5.03. The monoisotopic (exact) mass is 480 g/mol. The van der Waals surface area contributed by atoms with E-state index in [0.717, 1.165) is 37.9 Å². The van der Waals surface area contributed by atoms with E-state index < -0.39 is 17.7 Å². The van der Waals surface area contributed by atoms with Crippen molar-refractivity contribution in [3.8, 4) is 17.0 Å². The molecule has 0 radical (unpaired) electrons. The number of ether oxygens (including phenoxy) is 1. The maximum absolute atomic E-state index is 15.4. The van der Waals surface area contributed by atoms with Crippen LogP contribution in [0, 0.1) is 11.7 Å². The van der Waals surface area contributed by atoms with Crippen LogP contribution < -0.4 is 4.74 Å². The number of carboxylic acids is 1. The molecule has 35 heavy (non-hydrogen) atoms. The standard InChI is InChI=1S/C26H29FN4O4/c1-3-18-12-21(25(32)30-10-6-4-5-7-15(30)2)28-22-13-20(29-31(18)22)19-9-8-16-11-17(26(33)34)14-35-24(16)23(19)27/h8-9,12-13,15,17H,3-7,10-11,14H2,1-2H3,(H,33,34)/t15-,17-/m1/s1. The van der Waals surface area contributed by atoms with Gasteiger partial charge in [0.2, 0.25) is 0 Å². The van der Waals surface area contributed by atoms with Crippen LogP contribution in [0.1, 0.15) is 61.3 Å². The largest absolute Gasteiger partial charge is 0.489 e. The van der Waals surface area contributed by atoms with Crippen molar-refractivity contribution in [2.24, 2.45) is 5.92 Å². The highest BCUT2D eigenvalue weighted by molar-refractivity contribution is 5.93. The molecule has 2 aromatic heterocycles. The molecule has 0 saturated carbocycles. The quantitative estimate of drug-likeness (QED) is 0.603. The summed E-state index contributed by atoms with van der Waals surface area (Å²) in [6, 6.07) is 6.91. The predicted molar refractivity (Wildman–Crippen MR) is 127 cm³/mol. The van der Waals surface area contributed by atoms with Crippen molar-refractivity contribution in [1.29, 1.82) is 0 Å². The third-order valence-corrected chi connectivity index (χ3v) is 7.10. The number of nitrogens with zero attached hydrogens (tertiary/aromatic N) is 4. The third kappa shape index (κ3) is 4.24. The second kappa shape index (κ2) is 9.28. The number of amides is 1. The first-order chi connectivity index (χ1) is 16.9. The summed E-state index contributed by atoms with van der Waals surface area (Å²) in [6.45, 7) is 4.71. The van der Waals surface area contributed by atoms with Gasteiger partial charge in [0.05, 0.1) is 11.6 Å². The number of halogens is 1. The predicted octanol–water partition coefficient (Wildman–Crippen LogP) is 4.14. The van der Waals surface area contributed by atoms with Crippen LogP contribution in [0.3, 0.4) is 0 Å². The molecule has 9 heteroatoms. The van der Waals surface area contributed by atoms with Crippen molar-refractivity contribution in [2.75, 3.05) is 13.2 Å². The summed E-state index contributed by atoms with van der Waals surface area (Å²) in [5.74, 6) is -2.23. The zero-order valence-electron chi connectivity index (χ0n) is 20.0. The van der Waals surface area contributed by atoms with Gasteiger partial charge in [-0.15, -0.1) is 0 Å². The summed E-state index contributed by atoms with van der Waals surface area (Å²) in [7, 11) is 0. The molecule has 2 aliphatic rings. The van der Waals surface area contributed by atoms with E-state index in [1.807, 2.05) is 11.8 Å². The minimum absolute atomic E-state index is 0.0736. The number of carboxylic acid groups (broad SMARTS) is 1. The van der Waals surface area contributed by atoms with Crippen molar-refractivity contribution >= 4 is 17.5 Å². The number of hydrogen-bond donors (Lipinski definition) is 1. The lowest BCUT2D eigenvalue weighted by molar-refractivity contribution is -0.143. The van der Waals surface area contributed by atoms with Crippen LogP contribution in [-0.2, 0) is 17.6 Å². The molecule has 5 rings (SSSR count). The Hall–Kier alpha value is -3.49. The van der Waals surface area contributed by atoms with Crippen molar-refractivity contribution in [1.82, 2.24) is 19.5 Å². The Labute approximate surface area is 202 Å². The summed E-state index contributed by atoms with van der Waals surface area (Å²) >= 11 is 0. The number of likely N-dealkylation sites (tertiary alicyclic amines) is 1. The van der Waals surface area contributed by atoms with E-state index in [9.17, 15) is 14.7 Å². The van der Waals surface area contributed by atoms with Crippen LogP contribution in [-0.4, -0.2) is 55.7 Å². The third-order valence-electron chi connectivity index (χ3n) is 7.10. The first-order valence-electron chi connectivity index (χ1n) is 12.3. The Morgan fingerprint density at radius 2 is 2.06 bits per heavy atom. The van der Waals surface area contributed by atoms with E-state index in [0.29, 0.717) is 29.0 Å². The van der Waals surface area contributed by atoms with Gasteiger partial charge in [0.15, 0.2) is 17.2 Å². The van der Waals surface area contributed by atoms with Gasteiger partial charge in [-0.1, -0.05) is 25.8 Å². The second-order valence-electron chi connectivity index (χ2n) is 9.45. The molecule has 2 atom stereocenters. The minimum Gasteiger partial charge on any atom is -0.489 e. The Morgan fingerprint density at radius 1 is 1.23 bits per heavy atom. The van der Waals surface area contributed by atoms with Crippen molar-refractivity contribution in [2.45, 2.75) is 58.4 Å². The van der Waals surface area contributed by atoms with E-state index in [2.05, 4.69) is 17.0 Å². The molecule has 1 saturated heterocycles. The van der Waals surface area contributed by atoms with E-state index >= 15 is 4.39 Å². The lowest BCUT2D eigenvalue weighted by atomic mass is 9.95. The van der Waals surface area contributed by atoms with E-state index in [1.165, 1.54) is 0 Å². The van der Waals surface area contributed by atoms with Gasteiger partial charge in [-0.2, -0.15) is 5.10 Å². The second-order valence-corrected chi connectivity index (χ2v) is 9.45. The summed E-state index contributed by atoms with van der Waals surface area (Å²) in [5.41, 5.74) is 2.83. The Balaban J connectivity index is 1.52. The van der Waals surface area contributed by atoms with Crippen LogP contribution in [0.5, 0.6) is 5.75 Å². The maximum atomic E-state index is 15.4. The summed E-state index contributed by atoms with van der Waals surface area (Å²) < 4.78 is 22.6. The van der Waals surface area contributed by atoms with E-state index in [4.69, 9.17) is 4.74 Å². The zero-order chi connectivity index (χ0) is 24.7. The number of rotatable bonds is 4. The number of aliphatic carboxylic acids is 1. The van der Waals surface area contributed by atoms with E-state index in [-0.39, 0.29) is 36.3 Å². The first kappa shape index (κ1) is 23.3. The van der Waals surface area contributed by atoms with Crippen molar-refractivity contribution < 1.29 is 23.8 Å². The Morgan fingerprint density at radius 3 is 2.83 bits per heavy atom. The lowest BCUT2D eigenvalue weighted by Gasteiger charge is -2.27. The number of hydrogen-bond acceptors (Lipinski definition) is 5. The molecule has 184 valence electrons. The highest BCUT2D eigenvalue weighted by Crippen LogP contribution is 2.36. The maximum Gasteiger partial charge on any atom is 0.310 e. The van der Waals surface area contributed by atoms with Gasteiger partial charge in [-0.3, -0.25) is 9.59 Å². The SMILES string of the molecule is CCc1cc(C(=O)N2CCCCC[C@H]2C)nc2cc(-c3ccc4c(c3F)OC[C@H](C(=O)O)C4)nn12. The Kier molecular flexibility index (Phi) is 6.17. The smallest absolute Gasteiger partial charge is 0.310 e. The summed E-state index contributed by atoms with van der Waals surface area (Å²) in [6.07, 6.45) is 5.06. The number of carbonyl (C=O) groups excluding carboxylic acids is 1. The van der Waals surface area contributed by atoms with Crippen molar-refractivity contribution in [3.05, 3.63) is 47.0 Å². The average Bonchev–Trinajstić information content (AvgIpc) is 3.17. The average molecular weight is 481 g/mol. The first-order valence-corrected chi connectivity index (χ1v) is 12.3. The number of benzene rings is 1. The fourth-order valence-electron chi connectivity index (χ4n) is 5.03. The highest BCUT2D eigenvalue weighted by Gasteiger charge is 2.30. The van der Waals surface area contributed by atoms with Crippen LogP contribution in [0.25, 0.3) is 16.9 Å². The molecule has 0 aliphatic carbocycles. The van der Waals surface area contributed by atoms with Gasteiger partial charge in [0.1, 0.15) is 12.3 Å². The molecule has 8 nitrogen and oxygen atoms in total. The van der Waals surface area contributed by atoms with Crippen LogP contribution in [0.15, 0.2) is 24.3 Å². The van der Waals surface area contributed by atoms with Gasteiger partial charge >= 0.3 is 5.97 Å². The zero-order valence-corrected chi connectivity index (χ0v) is 20.0. The summed E-state index contributed by atoms with van der Waals surface area (Å²) in [5, 5.41) is 13.8. The van der Waals surface area contributed by atoms with Gasteiger partial charge in [0, 0.05) is 29.9 Å². The topological polar surface area (TPSA) is 97.0 Å². The van der Waals surface area contributed by atoms with Crippen molar-refractivity contribution in [3.63, 3.8) is 0 Å². The van der Waals surface area contributed by atoms with Crippen LogP contribution in [0.2, 0.25) is 0 Å². The molecule has 0 bridgehead atoms. The molecule has 1 amide bonds. The Bertz CT molecular complexity index is 1300. The molecule has 1 N–H and O–H groups in total. The minimum atomic E-state index is -0.960. The molecule has 1 aromatic carbocycles. The van der Waals surface area contributed by atoms with E-state index in [1.54, 1.807) is 28.8 Å². The normalized spacial score (nSPS) is 20.3. The molecule has 4 heterocycles. The molecule has 1 fully saturated rings. The lowest BCUT2D eigenvalue weighted by Crippen LogP contribution is -2.38. The molecule has 0 unspecified atom stereocenters. The summed E-state index contributed by atoms with van der Waals surface area (Å²) in [4.78, 5) is 31.2. The van der Waals surface area contributed by atoms with Gasteiger partial charge in [-0.05, 0) is 50.3 Å². The van der Waals surface area contributed by atoms with Crippen LogP contribution >= 0.6 is 0 Å². The fraction of sp³-hybridized carbons (Fsp3) is 0.462. The van der Waals surface area contributed by atoms with Gasteiger partial charge in [-0.25, -0.2) is 13.9 Å². The molecule has 3 aromatic rings. The molecule has 0 spiro atoms. The number of aromatic nitrogens is 3. The molecule has 2 aliphatic heterocycles. The van der Waals surface area contributed by atoms with Crippen LogP contribution in [0.4, 0.5) is 4.39 Å². The highest BCUT2D eigenvalue weighted by atomic mass is 19.1. The van der Waals surface area contributed by atoms with Gasteiger partial charge in [0.25, 0.3) is 5.91 Å². The molecular weight excluding hydrogens is 451 g/mol. The molecular formula is C26H29FN4O4. The van der Waals surface area contributed by atoms with Gasteiger partial charge < -0.3 is 14.7 Å².